The van der Waals surface area contributed by atoms with Crippen LogP contribution in [0.3, 0.4) is 0 Å². The molecule has 0 fully saturated rings. The molecule has 0 spiro atoms. The van der Waals surface area contributed by atoms with Gasteiger partial charge in [0.25, 0.3) is 0 Å². The Morgan fingerprint density at radius 1 is 0.238 bits per heavy atom. The number of hydrogen-bond acceptors (Lipinski definition) is 0. The van der Waals surface area contributed by atoms with Crippen molar-refractivity contribution >= 4 is 64.6 Å². The van der Waals surface area contributed by atoms with Gasteiger partial charge in [-0.3, -0.25) is 0 Å². The second-order valence-corrected chi connectivity index (χ2v) is 18.0. The fraction of sp³-hybridized carbons (Fsp3) is 0.0476. The van der Waals surface area contributed by atoms with Crippen molar-refractivity contribution in [1.82, 2.24) is 0 Å². The lowest BCUT2D eigenvalue weighted by atomic mass is 9.79. The fourth-order valence-electron chi connectivity index (χ4n) is 11.1. The van der Waals surface area contributed by atoms with E-state index < -0.39 is 0 Å². The van der Waals surface area contributed by atoms with Crippen molar-refractivity contribution in [2.24, 2.45) is 0 Å². The highest BCUT2D eigenvalue weighted by atomic mass is 14.4. The highest BCUT2D eigenvalue weighted by Gasteiger charge is 2.36. The number of fused-ring (bicyclic) bond motifs is 9. The molecule has 0 heterocycles. The van der Waals surface area contributed by atoms with Crippen LogP contribution in [0.15, 0.2) is 218 Å². The van der Waals surface area contributed by atoms with E-state index in [-0.39, 0.29) is 5.41 Å². The van der Waals surface area contributed by atoms with Crippen molar-refractivity contribution in [1.29, 1.82) is 0 Å². The molecule has 0 nitrogen and oxygen atoms in total. The third-order valence-electron chi connectivity index (χ3n) is 14.2. The molecule has 1 aliphatic carbocycles. The van der Waals surface area contributed by atoms with Gasteiger partial charge in [0.15, 0.2) is 0 Å². The van der Waals surface area contributed by atoms with Crippen LogP contribution in [0.4, 0.5) is 0 Å². The maximum Gasteiger partial charge on any atom is 0.0159 e. The molecule has 0 bridgehead atoms. The molecule has 63 heavy (non-hydrogen) atoms. The number of rotatable bonds is 4. The Kier molecular flexibility index (Phi) is 7.75. The Morgan fingerprint density at radius 2 is 0.667 bits per heavy atom. The van der Waals surface area contributed by atoms with Gasteiger partial charge < -0.3 is 0 Å². The van der Waals surface area contributed by atoms with Gasteiger partial charge in [-0.2, -0.15) is 0 Å². The van der Waals surface area contributed by atoms with Gasteiger partial charge in [-0.25, -0.2) is 0 Å². The standard InChI is InChI=1S/C63H42/c1-63(2)59-22-12-11-21-53(59)55-37-57-58(38-60(55)63)62(48-28-25-41-15-5-8-18-44(41)35-48)56-36-46(29-30-54(56)61(57)47-27-24-40-14-4-7-17-43(40)34-47)50-32-31-49(51-19-9-10-20-52(50)51)45-26-23-39-13-3-6-16-42(39)33-45/h3-38H,1-2H3. The van der Waals surface area contributed by atoms with Gasteiger partial charge >= 0.3 is 0 Å². The van der Waals surface area contributed by atoms with Gasteiger partial charge in [-0.1, -0.05) is 196 Å². The maximum atomic E-state index is 2.56. The summed E-state index contributed by atoms with van der Waals surface area (Å²) in [4.78, 5) is 0. The van der Waals surface area contributed by atoms with E-state index >= 15 is 0 Å². The summed E-state index contributed by atoms with van der Waals surface area (Å²) < 4.78 is 0. The van der Waals surface area contributed by atoms with Gasteiger partial charge in [-0.15, -0.1) is 0 Å². The molecular formula is C63H42. The Balaban J connectivity index is 1.14. The molecule has 294 valence electrons. The average molecular weight is 799 g/mol. The quantitative estimate of drug-likeness (QED) is 0.156. The normalized spacial score (nSPS) is 13.0. The number of benzene rings is 12. The first-order valence-corrected chi connectivity index (χ1v) is 22.2. The Labute approximate surface area is 367 Å². The minimum atomic E-state index is -0.146. The predicted molar refractivity (Wildman–Crippen MR) is 271 cm³/mol. The van der Waals surface area contributed by atoms with Crippen LogP contribution in [0.5, 0.6) is 0 Å². The monoisotopic (exact) mass is 798 g/mol. The molecule has 12 aromatic carbocycles. The second-order valence-electron chi connectivity index (χ2n) is 18.0. The summed E-state index contributed by atoms with van der Waals surface area (Å²) >= 11 is 0. The van der Waals surface area contributed by atoms with E-state index in [0.717, 1.165) is 0 Å². The SMILES string of the molecule is CC1(C)c2ccccc2-c2cc3c(-c4ccc5ccccc5c4)c4ccc(-c5ccc(-c6ccc7ccccc7c6)c6ccccc56)cc4c(-c4ccc5ccccc5c4)c3cc21. The molecular weight excluding hydrogens is 757 g/mol. The smallest absolute Gasteiger partial charge is 0.0159 e. The summed E-state index contributed by atoms with van der Waals surface area (Å²) in [5.41, 5.74) is 15.3. The maximum absolute atomic E-state index is 2.56. The molecule has 1 aliphatic rings. The van der Waals surface area contributed by atoms with Gasteiger partial charge in [0.05, 0.1) is 0 Å². The molecule has 0 heteroatoms. The van der Waals surface area contributed by atoms with Crippen LogP contribution in [0.2, 0.25) is 0 Å². The topological polar surface area (TPSA) is 0 Å². The minimum Gasteiger partial charge on any atom is -0.0619 e. The van der Waals surface area contributed by atoms with Crippen molar-refractivity contribution in [3.05, 3.63) is 230 Å². The van der Waals surface area contributed by atoms with Crippen LogP contribution < -0.4 is 0 Å². The molecule has 0 atom stereocenters. The van der Waals surface area contributed by atoms with Crippen LogP contribution in [0, 0.1) is 0 Å². The van der Waals surface area contributed by atoms with Crippen molar-refractivity contribution in [3.63, 3.8) is 0 Å². The van der Waals surface area contributed by atoms with Crippen LogP contribution in [-0.4, -0.2) is 0 Å². The molecule has 0 N–H and O–H groups in total. The third-order valence-corrected chi connectivity index (χ3v) is 14.2. The zero-order chi connectivity index (χ0) is 41.8. The van der Waals surface area contributed by atoms with E-state index in [2.05, 4.69) is 232 Å². The van der Waals surface area contributed by atoms with Crippen LogP contribution >= 0.6 is 0 Å². The van der Waals surface area contributed by atoms with Gasteiger partial charge in [0.2, 0.25) is 0 Å². The molecule has 0 saturated heterocycles. The second kappa shape index (κ2) is 13.6. The average Bonchev–Trinajstić information content (AvgIpc) is 3.56. The van der Waals surface area contributed by atoms with Crippen molar-refractivity contribution < 1.29 is 0 Å². The van der Waals surface area contributed by atoms with E-state index in [1.165, 1.54) is 131 Å². The van der Waals surface area contributed by atoms with Crippen molar-refractivity contribution in [2.45, 2.75) is 19.3 Å². The molecule has 0 amide bonds. The fourth-order valence-corrected chi connectivity index (χ4v) is 11.1. The molecule has 0 saturated carbocycles. The lowest BCUT2D eigenvalue weighted by Crippen LogP contribution is -2.14. The zero-order valence-electron chi connectivity index (χ0n) is 35.3. The first-order chi connectivity index (χ1) is 31.0. The van der Waals surface area contributed by atoms with Gasteiger partial charge in [0, 0.05) is 5.41 Å². The van der Waals surface area contributed by atoms with Crippen molar-refractivity contribution in [2.75, 3.05) is 0 Å². The van der Waals surface area contributed by atoms with E-state index in [4.69, 9.17) is 0 Å². The Morgan fingerprint density at radius 3 is 1.27 bits per heavy atom. The summed E-state index contributed by atoms with van der Waals surface area (Å²) in [7, 11) is 0. The highest BCUT2D eigenvalue weighted by molar-refractivity contribution is 6.24. The molecule has 0 unspecified atom stereocenters. The lowest BCUT2D eigenvalue weighted by molar-refractivity contribution is 0.661. The molecule has 13 rings (SSSR count). The molecule has 12 aromatic rings. The summed E-state index contributed by atoms with van der Waals surface area (Å²) in [5.74, 6) is 0. The Bertz CT molecular complexity index is 3880. The largest absolute Gasteiger partial charge is 0.0619 e. The van der Waals surface area contributed by atoms with Gasteiger partial charge in [-0.05, 0) is 168 Å². The molecule has 0 aromatic heterocycles. The first kappa shape index (κ1) is 35.9. The summed E-state index contributed by atoms with van der Waals surface area (Å²) in [6.45, 7) is 4.80. The first-order valence-electron chi connectivity index (χ1n) is 22.2. The zero-order valence-corrected chi connectivity index (χ0v) is 35.3. The van der Waals surface area contributed by atoms with Crippen LogP contribution in [-0.2, 0) is 5.41 Å². The molecule has 0 radical (unpaired) electrons. The summed E-state index contributed by atoms with van der Waals surface area (Å²) in [6.07, 6.45) is 0. The summed E-state index contributed by atoms with van der Waals surface area (Å²) in [5, 5.41) is 15.1. The van der Waals surface area contributed by atoms with E-state index in [1.54, 1.807) is 0 Å². The highest BCUT2D eigenvalue weighted by Crippen LogP contribution is 2.54. The van der Waals surface area contributed by atoms with E-state index in [9.17, 15) is 0 Å². The van der Waals surface area contributed by atoms with Crippen LogP contribution in [0.25, 0.3) is 120 Å². The predicted octanol–water partition coefficient (Wildman–Crippen LogP) is 17.6. The lowest BCUT2D eigenvalue weighted by Gasteiger charge is -2.24. The Hall–Kier alpha value is -7.80. The van der Waals surface area contributed by atoms with E-state index in [1.807, 2.05) is 0 Å². The van der Waals surface area contributed by atoms with Gasteiger partial charge in [0.1, 0.15) is 0 Å². The minimum absolute atomic E-state index is 0.146. The van der Waals surface area contributed by atoms with Crippen molar-refractivity contribution in [3.8, 4) is 55.6 Å². The van der Waals surface area contributed by atoms with Crippen LogP contribution in [0.1, 0.15) is 25.0 Å². The number of hydrogen-bond donors (Lipinski definition) is 0. The summed E-state index contributed by atoms with van der Waals surface area (Å²) in [6, 6.07) is 82.1. The third kappa shape index (κ3) is 5.48. The van der Waals surface area contributed by atoms with E-state index in [0.29, 0.717) is 0 Å². The molecule has 0 aliphatic heterocycles.